The zero-order valence-electron chi connectivity index (χ0n) is 12.1. The predicted octanol–water partition coefficient (Wildman–Crippen LogP) is 5.39. The van der Waals surface area contributed by atoms with Crippen molar-refractivity contribution in [3.63, 3.8) is 0 Å². The second-order valence-corrected chi connectivity index (χ2v) is 6.25. The van der Waals surface area contributed by atoms with Gasteiger partial charge in [-0.25, -0.2) is 0 Å². The molecule has 0 heterocycles. The van der Waals surface area contributed by atoms with Gasteiger partial charge >= 0.3 is 0 Å². The third-order valence-electron chi connectivity index (χ3n) is 2.91. The van der Waals surface area contributed by atoms with Gasteiger partial charge in [-0.1, -0.05) is 31.5 Å². The Balaban J connectivity index is 1.83. The van der Waals surface area contributed by atoms with Crippen molar-refractivity contribution in [2.75, 3.05) is 16.4 Å². The van der Waals surface area contributed by atoms with Crippen LogP contribution in [-0.4, -0.2) is 10.9 Å². The van der Waals surface area contributed by atoms with Crippen LogP contribution in [0.2, 0.25) is 0 Å². The Hall–Kier alpha value is -1.52. The van der Waals surface area contributed by atoms with E-state index in [1.807, 2.05) is 42.1 Å². The van der Waals surface area contributed by atoms with E-state index in [9.17, 15) is 0 Å². The number of thiocarbonyl (C=S) groups is 1. The van der Waals surface area contributed by atoms with Gasteiger partial charge in [0.25, 0.3) is 0 Å². The molecule has 0 aliphatic carbocycles. The van der Waals surface area contributed by atoms with E-state index in [1.54, 1.807) is 0 Å². The number of hydrogen-bond donors (Lipinski definition) is 2. The highest BCUT2D eigenvalue weighted by atomic mass is 32.2. The van der Waals surface area contributed by atoms with Gasteiger partial charge in [0.1, 0.15) is 0 Å². The lowest BCUT2D eigenvalue weighted by molar-refractivity contribution is 0.896. The van der Waals surface area contributed by atoms with Crippen LogP contribution in [0.15, 0.2) is 59.5 Å². The maximum atomic E-state index is 5.31. The lowest BCUT2D eigenvalue weighted by atomic mass is 10.3. The summed E-state index contributed by atoms with van der Waals surface area (Å²) in [7, 11) is 0. The minimum absolute atomic E-state index is 0.604. The van der Waals surface area contributed by atoms with Crippen molar-refractivity contribution in [3.8, 4) is 0 Å². The third-order valence-corrected chi connectivity index (χ3v) is 4.21. The highest BCUT2D eigenvalue weighted by molar-refractivity contribution is 7.99. The van der Waals surface area contributed by atoms with E-state index in [1.165, 1.54) is 23.5 Å². The third kappa shape index (κ3) is 5.78. The minimum atomic E-state index is 0.604. The number of rotatable bonds is 6. The molecule has 2 aromatic rings. The highest BCUT2D eigenvalue weighted by Gasteiger charge is 1.99. The fourth-order valence-electron chi connectivity index (χ4n) is 1.78. The Morgan fingerprint density at radius 2 is 1.57 bits per heavy atom. The van der Waals surface area contributed by atoms with Gasteiger partial charge < -0.3 is 10.6 Å². The van der Waals surface area contributed by atoms with Gasteiger partial charge in [-0.15, -0.1) is 11.8 Å². The Kier molecular flexibility index (Phi) is 6.57. The SMILES string of the molecule is CCCCSc1ccc(NC(=S)Nc2ccccc2)cc1. The zero-order valence-corrected chi connectivity index (χ0v) is 13.8. The fourth-order valence-corrected chi connectivity index (χ4v) is 3.02. The van der Waals surface area contributed by atoms with Crippen LogP contribution in [0.4, 0.5) is 11.4 Å². The van der Waals surface area contributed by atoms with Crippen molar-refractivity contribution in [2.24, 2.45) is 0 Å². The smallest absolute Gasteiger partial charge is 0.175 e. The molecule has 0 aliphatic heterocycles. The molecule has 0 radical (unpaired) electrons. The summed E-state index contributed by atoms with van der Waals surface area (Å²) in [5.41, 5.74) is 1.99. The molecule has 0 unspecified atom stereocenters. The standard InChI is InChI=1S/C17H20N2S2/c1-2-3-13-21-16-11-9-15(10-12-16)19-17(20)18-14-7-5-4-6-8-14/h4-12H,2-3,13H2,1H3,(H2,18,19,20). The quantitative estimate of drug-likeness (QED) is 0.424. The van der Waals surface area contributed by atoms with Gasteiger partial charge in [-0.05, 0) is 60.8 Å². The van der Waals surface area contributed by atoms with E-state index in [4.69, 9.17) is 12.2 Å². The molecule has 2 N–H and O–H groups in total. The summed E-state index contributed by atoms with van der Waals surface area (Å²) < 4.78 is 0. The van der Waals surface area contributed by atoms with Gasteiger partial charge in [-0.3, -0.25) is 0 Å². The normalized spacial score (nSPS) is 10.1. The molecule has 0 aliphatic rings. The molecule has 2 nitrogen and oxygen atoms in total. The number of hydrogen-bond acceptors (Lipinski definition) is 2. The number of benzene rings is 2. The van der Waals surface area contributed by atoms with Crippen molar-refractivity contribution in [2.45, 2.75) is 24.7 Å². The number of unbranched alkanes of at least 4 members (excludes halogenated alkanes) is 1. The first-order chi connectivity index (χ1) is 10.3. The molecule has 0 aromatic heterocycles. The second-order valence-electron chi connectivity index (χ2n) is 4.67. The van der Waals surface area contributed by atoms with Gasteiger partial charge in [0.2, 0.25) is 0 Å². The van der Waals surface area contributed by atoms with Crippen molar-refractivity contribution >= 4 is 40.5 Å². The molecule has 0 spiro atoms. The van der Waals surface area contributed by atoms with E-state index < -0.39 is 0 Å². The predicted molar refractivity (Wildman–Crippen MR) is 98.4 cm³/mol. The topological polar surface area (TPSA) is 24.1 Å². The Bertz CT molecular complexity index is 553. The number of anilines is 2. The summed E-state index contributed by atoms with van der Waals surface area (Å²) in [5.74, 6) is 1.18. The number of thioether (sulfide) groups is 1. The van der Waals surface area contributed by atoms with E-state index >= 15 is 0 Å². The molecular weight excluding hydrogens is 296 g/mol. The summed E-state index contributed by atoms with van der Waals surface area (Å²) in [6, 6.07) is 18.3. The molecule has 0 amide bonds. The maximum absolute atomic E-state index is 5.31. The molecule has 0 saturated heterocycles. The molecule has 0 bridgehead atoms. The Morgan fingerprint density at radius 1 is 0.952 bits per heavy atom. The number of para-hydroxylation sites is 1. The van der Waals surface area contributed by atoms with Crippen molar-refractivity contribution in [1.29, 1.82) is 0 Å². The van der Waals surface area contributed by atoms with Crippen molar-refractivity contribution in [3.05, 3.63) is 54.6 Å². The van der Waals surface area contributed by atoms with Crippen LogP contribution in [0.25, 0.3) is 0 Å². The molecule has 0 saturated carbocycles. The van der Waals surface area contributed by atoms with E-state index in [0.717, 1.165) is 11.4 Å². The van der Waals surface area contributed by atoms with Crippen LogP contribution >= 0.6 is 24.0 Å². The summed E-state index contributed by atoms with van der Waals surface area (Å²) in [4.78, 5) is 1.30. The van der Waals surface area contributed by atoms with Crippen molar-refractivity contribution in [1.82, 2.24) is 0 Å². The maximum Gasteiger partial charge on any atom is 0.175 e. The number of nitrogens with one attached hydrogen (secondary N) is 2. The molecule has 2 rings (SSSR count). The van der Waals surface area contributed by atoms with E-state index in [-0.39, 0.29) is 0 Å². The van der Waals surface area contributed by atoms with Gasteiger partial charge in [0.15, 0.2) is 5.11 Å². The van der Waals surface area contributed by atoms with Gasteiger partial charge in [-0.2, -0.15) is 0 Å². The Labute approximate surface area is 136 Å². The van der Waals surface area contributed by atoms with Crippen LogP contribution < -0.4 is 10.6 Å². The molecule has 21 heavy (non-hydrogen) atoms. The van der Waals surface area contributed by atoms with E-state index in [2.05, 4.69) is 41.8 Å². The average molecular weight is 316 g/mol. The summed E-state index contributed by atoms with van der Waals surface area (Å²) in [6.45, 7) is 2.22. The fraction of sp³-hybridized carbons (Fsp3) is 0.235. The molecule has 0 fully saturated rings. The molecule has 2 aromatic carbocycles. The summed E-state index contributed by atoms with van der Waals surface area (Å²) in [5, 5.41) is 6.96. The van der Waals surface area contributed by atoms with Crippen LogP contribution in [-0.2, 0) is 0 Å². The largest absolute Gasteiger partial charge is 0.332 e. The molecular formula is C17H20N2S2. The van der Waals surface area contributed by atoms with Crippen molar-refractivity contribution < 1.29 is 0 Å². The summed E-state index contributed by atoms with van der Waals surface area (Å²) in [6.07, 6.45) is 2.50. The van der Waals surface area contributed by atoms with Crippen LogP contribution in [0, 0.1) is 0 Å². The monoisotopic (exact) mass is 316 g/mol. The van der Waals surface area contributed by atoms with Crippen LogP contribution in [0.3, 0.4) is 0 Å². The van der Waals surface area contributed by atoms with E-state index in [0.29, 0.717) is 5.11 Å². The zero-order chi connectivity index (χ0) is 14.9. The van der Waals surface area contributed by atoms with Gasteiger partial charge in [0, 0.05) is 16.3 Å². The van der Waals surface area contributed by atoms with Crippen LogP contribution in [0.1, 0.15) is 19.8 Å². The first-order valence-electron chi connectivity index (χ1n) is 7.14. The summed E-state index contributed by atoms with van der Waals surface area (Å²) >= 11 is 7.21. The lowest BCUT2D eigenvalue weighted by Crippen LogP contribution is -2.18. The second kappa shape index (κ2) is 8.70. The first-order valence-corrected chi connectivity index (χ1v) is 8.53. The molecule has 4 heteroatoms. The van der Waals surface area contributed by atoms with Gasteiger partial charge in [0.05, 0.1) is 0 Å². The average Bonchev–Trinajstić information content (AvgIpc) is 2.50. The highest BCUT2D eigenvalue weighted by Crippen LogP contribution is 2.21. The van der Waals surface area contributed by atoms with Crippen LogP contribution in [0.5, 0.6) is 0 Å². The molecule has 110 valence electrons. The molecule has 0 atom stereocenters. The first kappa shape index (κ1) is 15.9. The lowest BCUT2D eigenvalue weighted by Gasteiger charge is -2.11. The minimum Gasteiger partial charge on any atom is -0.332 e. The Morgan fingerprint density at radius 3 is 2.19 bits per heavy atom.